The third-order valence-electron chi connectivity index (χ3n) is 12.5. The summed E-state index contributed by atoms with van der Waals surface area (Å²) >= 11 is 0. The fourth-order valence-electron chi connectivity index (χ4n) is 8.33. The van der Waals surface area contributed by atoms with Gasteiger partial charge in [-0.1, -0.05) is 78.9 Å². The van der Waals surface area contributed by atoms with Gasteiger partial charge in [-0.2, -0.15) is 26.3 Å². The molecule has 8 N–H and O–H groups in total. The van der Waals surface area contributed by atoms with Crippen molar-refractivity contribution in [2.24, 2.45) is 0 Å². The normalized spacial score (nSPS) is 13.5. The van der Waals surface area contributed by atoms with Gasteiger partial charge < -0.3 is 55.3 Å². The first kappa shape index (κ1) is 62.4. The minimum absolute atomic E-state index is 0.0145. The van der Waals surface area contributed by atoms with Crippen LogP contribution in [0.1, 0.15) is 54.5 Å². The number of nitrogens with zero attached hydrogens (tertiary/aromatic N) is 2. The number of aliphatic hydroxyl groups is 1. The van der Waals surface area contributed by atoms with Crippen LogP contribution in [0.4, 0.5) is 42.5 Å². The van der Waals surface area contributed by atoms with Crippen molar-refractivity contribution in [3.05, 3.63) is 154 Å². The first-order chi connectivity index (χ1) is 37.8. The molecule has 80 heavy (non-hydrogen) atoms. The molecule has 0 aliphatic carbocycles. The molecule has 0 bridgehead atoms. The van der Waals surface area contributed by atoms with Gasteiger partial charge in [0.1, 0.15) is 17.6 Å². The average Bonchev–Trinajstić information content (AvgIpc) is 3.42. The maximum Gasteiger partial charge on any atom is 0.490 e. The van der Waals surface area contributed by atoms with Crippen molar-refractivity contribution >= 4 is 52.1 Å². The highest BCUT2D eigenvalue weighted by atomic mass is 19.4. The highest BCUT2D eigenvalue weighted by Gasteiger charge is 2.39. The molecule has 1 unspecified atom stereocenters. The van der Waals surface area contributed by atoms with Gasteiger partial charge in [-0.15, -0.1) is 0 Å². The Morgan fingerprint density at radius 3 is 2.05 bits per heavy atom. The van der Waals surface area contributed by atoms with Crippen LogP contribution in [-0.4, -0.2) is 125 Å². The van der Waals surface area contributed by atoms with Crippen LogP contribution in [0.5, 0.6) is 11.5 Å². The molecule has 1 aromatic heterocycles. The van der Waals surface area contributed by atoms with Gasteiger partial charge in [0, 0.05) is 74.9 Å². The van der Waals surface area contributed by atoms with Crippen LogP contribution in [-0.2, 0) is 43.3 Å². The number of alkyl halides is 6. The zero-order valence-corrected chi connectivity index (χ0v) is 43.6. The molecule has 1 aliphatic rings. The van der Waals surface area contributed by atoms with E-state index in [1.807, 2.05) is 104 Å². The fourth-order valence-corrected chi connectivity index (χ4v) is 8.33. The number of halogens is 6. The third-order valence-corrected chi connectivity index (χ3v) is 12.5. The van der Waals surface area contributed by atoms with Crippen molar-refractivity contribution in [3.63, 3.8) is 0 Å². The zero-order valence-electron chi connectivity index (χ0n) is 43.6. The number of pyridine rings is 1. The Kier molecular flexibility index (Phi) is 22.6. The van der Waals surface area contributed by atoms with E-state index in [9.17, 15) is 55.7 Å². The summed E-state index contributed by atoms with van der Waals surface area (Å²) in [6.07, 6.45) is -9.24. The van der Waals surface area contributed by atoms with E-state index in [1.54, 1.807) is 31.2 Å². The first-order valence-corrected chi connectivity index (χ1v) is 24.8. The molecule has 24 heteroatoms. The molecule has 6 aromatic rings. The lowest BCUT2D eigenvalue weighted by Gasteiger charge is -2.31. The molecule has 1 aliphatic heterocycles. The lowest BCUT2D eigenvalue weighted by molar-refractivity contribution is -0.193. The molecular formula is C56H60F6N6O12. The van der Waals surface area contributed by atoms with Crippen molar-refractivity contribution in [2.75, 3.05) is 50.6 Å². The maximum absolute atomic E-state index is 13.2. The van der Waals surface area contributed by atoms with Crippen molar-refractivity contribution < 1.29 is 80.2 Å². The highest BCUT2D eigenvalue weighted by molar-refractivity contribution is 5.93. The Morgan fingerprint density at radius 1 is 0.812 bits per heavy atom. The predicted octanol–water partition coefficient (Wildman–Crippen LogP) is 8.36. The number of benzene rings is 5. The number of hydrogen-bond donors (Lipinski definition) is 8. The molecule has 1 fully saturated rings. The highest BCUT2D eigenvalue weighted by Crippen LogP contribution is 2.30. The smallest absolute Gasteiger partial charge is 0.490 e. The molecule has 5 aromatic carbocycles. The first-order valence-electron chi connectivity index (χ1n) is 24.8. The number of amides is 3. The van der Waals surface area contributed by atoms with Crippen LogP contribution in [0.15, 0.2) is 126 Å². The summed E-state index contributed by atoms with van der Waals surface area (Å²) < 4.78 is 74.9. The number of H-pyrrole nitrogens is 1. The van der Waals surface area contributed by atoms with Gasteiger partial charge in [-0.25, -0.2) is 14.4 Å². The third kappa shape index (κ3) is 19.2. The summed E-state index contributed by atoms with van der Waals surface area (Å²) in [4.78, 5) is 75.1. The van der Waals surface area contributed by atoms with E-state index >= 15 is 0 Å². The van der Waals surface area contributed by atoms with Gasteiger partial charge in [0.15, 0.2) is 0 Å². The zero-order chi connectivity index (χ0) is 58.7. The number of nitrogens with one attached hydrogen (secondary N) is 4. The van der Waals surface area contributed by atoms with Gasteiger partial charge in [0.2, 0.25) is 17.4 Å². The number of phenols is 1. The molecule has 1 saturated heterocycles. The second-order valence-electron chi connectivity index (χ2n) is 18.4. The van der Waals surface area contributed by atoms with Gasteiger partial charge >= 0.3 is 30.4 Å². The number of carbonyl (C=O) groups is 5. The van der Waals surface area contributed by atoms with Crippen LogP contribution >= 0.6 is 0 Å². The largest absolute Gasteiger partial charge is 0.506 e. The summed E-state index contributed by atoms with van der Waals surface area (Å²) in [6.45, 7) is 4.62. The number of aliphatic hydroxyl groups excluding tert-OH is 1. The van der Waals surface area contributed by atoms with Gasteiger partial charge in [-0.05, 0) is 90.4 Å². The Labute approximate surface area is 454 Å². The van der Waals surface area contributed by atoms with Crippen LogP contribution in [0, 0.1) is 0 Å². The molecule has 7 rings (SSSR count). The number of anilines is 2. The van der Waals surface area contributed by atoms with Crippen LogP contribution in [0.25, 0.3) is 22.0 Å². The number of carboxylic acids is 2. The minimum Gasteiger partial charge on any atom is -0.506 e. The monoisotopic (exact) mass is 1120 g/mol. The number of phenolic OH excluding ortho intramolecular Hbond substituents is 1. The van der Waals surface area contributed by atoms with E-state index in [1.165, 1.54) is 12.1 Å². The number of aromatic amines is 1. The number of ether oxygens (including phenoxy) is 2. The second kappa shape index (κ2) is 28.9. The lowest BCUT2D eigenvalue weighted by Crippen LogP contribution is -2.40. The van der Waals surface area contributed by atoms with E-state index in [0.717, 1.165) is 46.6 Å². The average molecular weight is 1120 g/mol. The molecule has 3 amide bonds. The summed E-state index contributed by atoms with van der Waals surface area (Å²) in [5.41, 5.74) is 6.58. The van der Waals surface area contributed by atoms with Crippen molar-refractivity contribution in [2.45, 2.75) is 76.2 Å². The Bertz CT molecular complexity index is 3090. The number of likely N-dealkylation sites (tertiary alicyclic amines) is 1. The number of carbonyl (C=O) groups excluding carboxylic acids is 3. The van der Waals surface area contributed by atoms with E-state index < -0.39 is 36.5 Å². The minimum atomic E-state index is -5.08. The van der Waals surface area contributed by atoms with Crippen LogP contribution < -0.4 is 31.1 Å². The maximum atomic E-state index is 13.2. The number of para-hydroxylation sites is 1. The van der Waals surface area contributed by atoms with Gasteiger partial charge in [-0.3, -0.25) is 19.7 Å². The predicted molar refractivity (Wildman–Crippen MR) is 284 cm³/mol. The molecule has 2 atom stereocenters. The number of fused-ring (bicyclic) bond motifs is 1. The number of methoxy groups -OCH3 is 1. The summed E-state index contributed by atoms with van der Waals surface area (Å²) in [6, 6.07) is 36.8. The quantitative estimate of drug-likeness (QED) is 0.0376. The van der Waals surface area contributed by atoms with E-state index in [4.69, 9.17) is 29.3 Å². The molecule has 2 heterocycles. The number of piperidine rings is 1. The molecule has 18 nitrogen and oxygen atoms in total. The van der Waals surface area contributed by atoms with Gasteiger partial charge in [0.05, 0.1) is 30.8 Å². The van der Waals surface area contributed by atoms with Crippen LogP contribution in [0.3, 0.4) is 0 Å². The number of hydrogen-bond acceptors (Lipinski definition) is 12. The Morgan fingerprint density at radius 2 is 1.43 bits per heavy atom. The standard InChI is InChI=1S/C52H58N6O8.2C2HF3O2/c1-34(53-33-46(60)42-18-20-45(59)51-43(42)19-22-48(61)56-51)29-38-30-36(15-21-47(38)65-3)32-54-49(62)31-35-13-16-39(17-14-35)57(2)50(63)25-28-58-26-23-40(24-27-58)66-52(64)55-44-12-8-7-11-41(44)37-9-5-4-6-10-37;2*3-2(4,5)1(6)7/h4-22,30,34,40,46,53,59-60H,23-29,31-33H2,1-3H3,(H,54,62)(H,55,64)(H,56,61);2*(H,6,7)/t34?,46-;;/m0../s1. The van der Waals surface area contributed by atoms with E-state index in [2.05, 4.69) is 25.8 Å². The SMILES string of the molecule is COc1ccc(CNC(=O)Cc2ccc(N(C)C(=O)CCN3CCC(OC(=O)Nc4ccccc4-c4ccccc4)CC3)cc2)cc1CC(C)NC[C@H](O)c1ccc(O)c2[nH]c(=O)ccc12.O=C(O)C(F)(F)F.O=C(O)C(F)(F)F. The number of aliphatic carboxylic acids is 2. The number of aromatic nitrogens is 1. The summed E-state index contributed by atoms with van der Waals surface area (Å²) in [5.74, 6) is -5.01. The van der Waals surface area contributed by atoms with Crippen LogP contribution in [0.2, 0.25) is 0 Å². The number of aromatic hydroxyl groups is 1. The summed E-state index contributed by atoms with van der Waals surface area (Å²) in [5, 5.41) is 45.4. The molecular weight excluding hydrogens is 1060 g/mol. The summed E-state index contributed by atoms with van der Waals surface area (Å²) in [7, 11) is 3.37. The van der Waals surface area contributed by atoms with E-state index in [0.29, 0.717) is 61.2 Å². The fraction of sp³-hybridized carbons (Fsp3) is 0.321. The van der Waals surface area contributed by atoms with Crippen molar-refractivity contribution in [3.8, 4) is 22.6 Å². The molecule has 0 radical (unpaired) electrons. The second-order valence-corrected chi connectivity index (χ2v) is 18.4. The molecule has 428 valence electrons. The lowest BCUT2D eigenvalue weighted by atomic mass is 10.0. The number of carboxylic acid groups (broad SMARTS) is 2. The Balaban J connectivity index is 0.000000743. The number of rotatable bonds is 18. The van der Waals surface area contributed by atoms with Gasteiger partial charge in [0.25, 0.3) is 0 Å². The van der Waals surface area contributed by atoms with Crippen molar-refractivity contribution in [1.82, 2.24) is 20.5 Å². The molecule has 0 spiro atoms. The topological polar surface area (TPSA) is 260 Å². The van der Waals surface area contributed by atoms with Crippen molar-refractivity contribution in [1.29, 1.82) is 0 Å². The Hall–Kier alpha value is -8.48. The van der Waals surface area contributed by atoms with E-state index in [-0.39, 0.29) is 53.8 Å². The molecule has 0 saturated carbocycles.